The van der Waals surface area contributed by atoms with Gasteiger partial charge in [-0.15, -0.1) is 24.8 Å². The van der Waals surface area contributed by atoms with Gasteiger partial charge in [0, 0.05) is 37.2 Å². The molecule has 0 radical (unpaired) electrons. The molecular weight excluding hydrogens is 327 g/mol. The zero-order valence-corrected chi connectivity index (χ0v) is 15.1. The van der Waals surface area contributed by atoms with Crippen LogP contribution in [0.3, 0.4) is 0 Å². The van der Waals surface area contributed by atoms with Crippen molar-refractivity contribution >= 4 is 36.4 Å². The van der Waals surface area contributed by atoms with Gasteiger partial charge in [-0.05, 0) is 24.1 Å². The van der Waals surface area contributed by atoms with Crippen LogP contribution in [-0.2, 0) is 0 Å². The first-order valence-electron chi connectivity index (χ1n) is 7.51. The van der Waals surface area contributed by atoms with Crippen LogP contribution in [0.5, 0.6) is 0 Å². The lowest BCUT2D eigenvalue weighted by atomic mass is 9.98. The molecular formula is C16H27Cl3N2. The van der Waals surface area contributed by atoms with Gasteiger partial charge >= 0.3 is 0 Å². The Morgan fingerprint density at radius 2 is 1.90 bits per heavy atom. The van der Waals surface area contributed by atoms with E-state index in [9.17, 15) is 0 Å². The third-order valence-corrected chi connectivity index (χ3v) is 4.14. The Morgan fingerprint density at radius 1 is 1.19 bits per heavy atom. The van der Waals surface area contributed by atoms with Crippen LogP contribution in [-0.4, -0.2) is 31.1 Å². The van der Waals surface area contributed by atoms with Crippen molar-refractivity contribution in [2.24, 2.45) is 0 Å². The molecule has 21 heavy (non-hydrogen) atoms. The molecule has 1 aliphatic heterocycles. The topological polar surface area (TPSA) is 15.3 Å². The molecule has 0 bridgehead atoms. The minimum Gasteiger partial charge on any atom is -0.314 e. The Labute approximate surface area is 146 Å². The van der Waals surface area contributed by atoms with Gasteiger partial charge in [0.2, 0.25) is 0 Å². The maximum atomic E-state index is 6.16. The molecule has 1 N–H and O–H groups in total. The van der Waals surface area contributed by atoms with Crippen LogP contribution in [0.15, 0.2) is 24.3 Å². The molecule has 122 valence electrons. The van der Waals surface area contributed by atoms with Gasteiger partial charge in [0.15, 0.2) is 0 Å². The molecule has 1 aromatic rings. The lowest BCUT2D eigenvalue weighted by Crippen LogP contribution is -2.45. The van der Waals surface area contributed by atoms with Crippen LogP contribution in [0.4, 0.5) is 0 Å². The van der Waals surface area contributed by atoms with E-state index >= 15 is 0 Å². The molecule has 2 rings (SSSR count). The fraction of sp³-hybridized carbons (Fsp3) is 0.625. The van der Waals surface area contributed by atoms with E-state index in [0.29, 0.717) is 6.04 Å². The molecule has 0 amide bonds. The van der Waals surface area contributed by atoms with Crippen molar-refractivity contribution in [3.05, 3.63) is 34.9 Å². The Hall–Kier alpha value is 0.01000. The van der Waals surface area contributed by atoms with Crippen molar-refractivity contribution < 1.29 is 0 Å². The normalized spacial score (nSPS) is 16.7. The largest absolute Gasteiger partial charge is 0.314 e. The second-order valence-corrected chi connectivity index (χ2v) is 5.79. The third-order valence-electron chi connectivity index (χ3n) is 3.91. The maximum absolute atomic E-state index is 6.16. The number of nitrogens with one attached hydrogen (secondary N) is 1. The van der Waals surface area contributed by atoms with E-state index in [1.807, 2.05) is 6.07 Å². The van der Waals surface area contributed by atoms with Gasteiger partial charge in [0.25, 0.3) is 0 Å². The molecule has 1 heterocycles. The summed E-state index contributed by atoms with van der Waals surface area (Å²) in [6, 6.07) is 8.94. The number of nitrogens with zero attached hydrogens (tertiary/aromatic N) is 1. The number of unbranched alkanes of at least 4 members (excludes halogenated alkanes) is 2. The second-order valence-electron chi connectivity index (χ2n) is 5.35. The predicted molar refractivity (Wildman–Crippen MR) is 97.3 cm³/mol. The van der Waals surface area contributed by atoms with Gasteiger partial charge in [-0.1, -0.05) is 49.9 Å². The third kappa shape index (κ3) is 6.75. The number of benzene rings is 1. The van der Waals surface area contributed by atoms with Gasteiger partial charge < -0.3 is 5.32 Å². The first kappa shape index (κ1) is 21.0. The minimum atomic E-state index is 0. The lowest BCUT2D eigenvalue weighted by Gasteiger charge is -2.35. The minimum absolute atomic E-state index is 0. The summed E-state index contributed by atoms with van der Waals surface area (Å²) in [5.41, 5.74) is 1.38. The maximum Gasteiger partial charge on any atom is 0.0409 e. The molecule has 1 aliphatic rings. The Balaban J connectivity index is 0.00000200. The van der Waals surface area contributed by atoms with Crippen molar-refractivity contribution in [1.29, 1.82) is 0 Å². The zero-order valence-electron chi connectivity index (χ0n) is 12.7. The average molecular weight is 354 g/mol. The molecule has 0 aromatic heterocycles. The van der Waals surface area contributed by atoms with E-state index in [-0.39, 0.29) is 24.8 Å². The average Bonchev–Trinajstić information content (AvgIpc) is 2.45. The van der Waals surface area contributed by atoms with Gasteiger partial charge in [0.1, 0.15) is 0 Å². The van der Waals surface area contributed by atoms with E-state index in [2.05, 4.69) is 35.3 Å². The molecule has 1 aromatic carbocycles. The molecule has 0 unspecified atom stereocenters. The number of hydrogen-bond acceptors (Lipinski definition) is 2. The van der Waals surface area contributed by atoms with Crippen LogP contribution in [0.25, 0.3) is 0 Å². The fourth-order valence-electron chi connectivity index (χ4n) is 2.86. The molecule has 5 heteroatoms. The first-order valence-corrected chi connectivity index (χ1v) is 7.89. The van der Waals surface area contributed by atoms with Crippen LogP contribution in [0.2, 0.25) is 5.02 Å². The predicted octanol–water partition coefficient (Wildman–Crippen LogP) is 4.71. The smallest absolute Gasteiger partial charge is 0.0409 e. The van der Waals surface area contributed by atoms with Crippen LogP contribution >= 0.6 is 36.4 Å². The summed E-state index contributed by atoms with van der Waals surface area (Å²) < 4.78 is 0. The Morgan fingerprint density at radius 3 is 2.52 bits per heavy atom. The first-order chi connectivity index (χ1) is 9.31. The number of halogens is 3. The van der Waals surface area contributed by atoms with Gasteiger partial charge in [-0.2, -0.15) is 0 Å². The highest BCUT2D eigenvalue weighted by Crippen LogP contribution is 2.28. The zero-order chi connectivity index (χ0) is 13.5. The van der Waals surface area contributed by atoms with Gasteiger partial charge in [0.05, 0.1) is 0 Å². The highest BCUT2D eigenvalue weighted by molar-refractivity contribution is 6.30. The van der Waals surface area contributed by atoms with Crippen molar-refractivity contribution in [2.45, 2.75) is 38.6 Å². The van der Waals surface area contributed by atoms with E-state index in [1.54, 1.807) is 0 Å². The highest BCUT2D eigenvalue weighted by atomic mass is 35.5. The van der Waals surface area contributed by atoms with E-state index in [4.69, 9.17) is 11.6 Å². The number of hydrogen-bond donors (Lipinski definition) is 1. The molecule has 0 spiro atoms. The summed E-state index contributed by atoms with van der Waals surface area (Å²) in [4.78, 5) is 2.61. The highest BCUT2D eigenvalue weighted by Gasteiger charge is 2.21. The van der Waals surface area contributed by atoms with E-state index in [1.165, 1.54) is 31.2 Å². The quantitative estimate of drug-likeness (QED) is 0.745. The fourth-order valence-corrected chi connectivity index (χ4v) is 3.05. The Kier molecular flexibility index (Phi) is 11.6. The van der Waals surface area contributed by atoms with Crippen LogP contribution in [0, 0.1) is 0 Å². The van der Waals surface area contributed by atoms with E-state index < -0.39 is 0 Å². The van der Waals surface area contributed by atoms with Gasteiger partial charge in [-0.25, -0.2) is 0 Å². The molecule has 1 saturated heterocycles. The van der Waals surface area contributed by atoms with Crippen LogP contribution < -0.4 is 5.32 Å². The molecule has 1 atom stereocenters. The lowest BCUT2D eigenvalue weighted by molar-refractivity contribution is 0.163. The van der Waals surface area contributed by atoms with Crippen molar-refractivity contribution in [3.63, 3.8) is 0 Å². The summed E-state index contributed by atoms with van der Waals surface area (Å²) in [7, 11) is 0. The standard InChI is InChI=1S/C16H25ClN2.2ClH/c1-2-3-4-8-16(19-11-9-18-10-12-19)14-6-5-7-15(17)13-14;;/h5-7,13,16,18H,2-4,8-12H2,1H3;2*1H/t16-;;/m0../s1. The van der Waals surface area contributed by atoms with Crippen LogP contribution in [0.1, 0.15) is 44.2 Å². The van der Waals surface area contributed by atoms with E-state index in [0.717, 1.165) is 31.2 Å². The Bertz CT molecular complexity index is 382. The van der Waals surface area contributed by atoms with Crippen molar-refractivity contribution in [1.82, 2.24) is 10.2 Å². The number of piperazine rings is 1. The second kappa shape index (κ2) is 11.6. The van der Waals surface area contributed by atoms with Crippen molar-refractivity contribution in [2.75, 3.05) is 26.2 Å². The summed E-state index contributed by atoms with van der Waals surface area (Å²) >= 11 is 6.16. The monoisotopic (exact) mass is 352 g/mol. The molecule has 0 aliphatic carbocycles. The summed E-state index contributed by atoms with van der Waals surface area (Å²) in [5.74, 6) is 0. The number of rotatable bonds is 6. The summed E-state index contributed by atoms with van der Waals surface area (Å²) in [5, 5.41) is 4.29. The SMILES string of the molecule is CCCCC[C@@H](c1cccc(Cl)c1)N1CCNCC1.Cl.Cl. The summed E-state index contributed by atoms with van der Waals surface area (Å²) in [6.07, 6.45) is 5.15. The molecule has 1 fully saturated rings. The molecule has 2 nitrogen and oxygen atoms in total. The molecule has 0 saturated carbocycles. The van der Waals surface area contributed by atoms with Crippen molar-refractivity contribution in [3.8, 4) is 0 Å². The summed E-state index contributed by atoms with van der Waals surface area (Å²) in [6.45, 7) is 6.75. The van der Waals surface area contributed by atoms with Gasteiger partial charge in [-0.3, -0.25) is 4.90 Å².